The van der Waals surface area contributed by atoms with E-state index in [4.69, 9.17) is 0 Å². The van der Waals surface area contributed by atoms with Crippen molar-refractivity contribution in [2.45, 2.75) is 24.3 Å². The molecule has 1 heterocycles. The van der Waals surface area contributed by atoms with E-state index in [1.807, 2.05) is 46.8 Å². The fourth-order valence-corrected chi connectivity index (χ4v) is 4.11. The molecule has 0 saturated carbocycles. The van der Waals surface area contributed by atoms with Crippen LogP contribution in [0.2, 0.25) is 0 Å². The number of aliphatic hydroxyl groups excluding tert-OH is 1. The molecule has 120 valence electrons. The first kappa shape index (κ1) is 16.7. The molecule has 3 nitrogen and oxygen atoms in total. The zero-order valence-corrected chi connectivity index (χ0v) is 15.0. The van der Waals surface area contributed by atoms with Gasteiger partial charge in [0.15, 0.2) is 5.78 Å². The summed E-state index contributed by atoms with van der Waals surface area (Å²) in [7, 11) is 0. The number of carbonyl (C=O) groups is 1. The Hall–Kier alpha value is -1.14. The van der Waals surface area contributed by atoms with Crippen molar-refractivity contribution < 1.29 is 9.90 Å². The van der Waals surface area contributed by atoms with E-state index in [0.29, 0.717) is 18.5 Å². The van der Waals surface area contributed by atoms with Crippen molar-refractivity contribution in [1.82, 2.24) is 4.31 Å². The lowest BCUT2D eigenvalue weighted by atomic mass is 10.0. The average molecular weight is 392 g/mol. The lowest BCUT2D eigenvalue weighted by molar-refractivity contribution is 0.0919. The van der Waals surface area contributed by atoms with Gasteiger partial charge in [-0.05, 0) is 24.1 Å². The van der Waals surface area contributed by atoms with Crippen LogP contribution in [0.1, 0.15) is 22.3 Å². The van der Waals surface area contributed by atoms with Gasteiger partial charge >= 0.3 is 0 Å². The van der Waals surface area contributed by atoms with Crippen molar-refractivity contribution in [2.75, 3.05) is 6.54 Å². The van der Waals surface area contributed by atoms with Gasteiger partial charge in [-0.2, -0.15) is 0 Å². The molecule has 0 bridgehead atoms. The van der Waals surface area contributed by atoms with E-state index in [1.54, 1.807) is 11.9 Å². The van der Waals surface area contributed by atoms with Crippen LogP contribution in [-0.2, 0) is 5.75 Å². The maximum absolute atomic E-state index is 12.7. The third-order valence-electron chi connectivity index (χ3n) is 3.90. The number of Topliss-reactive ketones (excluding diaryl/α,β-unsaturated/α-hetero) is 1. The minimum Gasteiger partial charge on any atom is -0.392 e. The van der Waals surface area contributed by atoms with Crippen molar-refractivity contribution in [1.29, 1.82) is 0 Å². The molecular weight excluding hydrogens is 374 g/mol. The number of β-amino-alcohol motifs (C(OH)–C–C–N with tert-alkyl or cyclic N) is 1. The van der Waals surface area contributed by atoms with E-state index in [0.717, 1.165) is 10.2 Å². The molecule has 2 aromatic rings. The highest BCUT2D eigenvalue weighted by Crippen LogP contribution is 2.30. The van der Waals surface area contributed by atoms with E-state index in [2.05, 4.69) is 28.1 Å². The fourth-order valence-electron chi connectivity index (χ4n) is 2.70. The zero-order valence-electron chi connectivity index (χ0n) is 12.6. The summed E-state index contributed by atoms with van der Waals surface area (Å²) in [6, 6.07) is 17.3. The number of ketones is 1. The predicted molar refractivity (Wildman–Crippen MR) is 97.3 cm³/mol. The number of aliphatic hydroxyl groups is 1. The van der Waals surface area contributed by atoms with Gasteiger partial charge in [0.2, 0.25) is 0 Å². The van der Waals surface area contributed by atoms with Crippen molar-refractivity contribution in [3.8, 4) is 0 Å². The number of halogens is 1. The van der Waals surface area contributed by atoms with E-state index in [1.165, 1.54) is 5.56 Å². The summed E-state index contributed by atoms with van der Waals surface area (Å²) >= 11 is 5.00. The number of nitrogens with zero attached hydrogens (tertiary/aromatic N) is 1. The van der Waals surface area contributed by atoms with E-state index >= 15 is 0 Å². The first-order valence-corrected chi connectivity index (χ1v) is 9.28. The molecule has 2 atom stereocenters. The number of rotatable bonds is 5. The summed E-state index contributed by atoms with van der Waals surface area (Å²) in [5, 5.41) is 9.99. The summed E-state index contributed by atoms with van der Waals surface area (Å²) < 4.78 is 2.98. The predicted octanol–water partition coefficient (Wildman–Crippen LogP) is 3.92. The first-order chi connectivity index (χ1) is 11.1. The Bertz CT molecular complexity index is 662. The standard InChI is InChI=1S/C18H18BrNO2S/c19-15-8-6-14(7-9-15)18(22)17-10-16(21)11-20(17)23-12-13-4-2-1-3-5-13/h1-9,16-17,21H,10-12H2/t16-,17-/m1/s1. The van der Waals surface area contributed by atoms with Crippen molar-refractivity contribution >= 4 is 33.7 Å². The van der Waals surface area contributed by atoms with Gasteiger partial charge in [0.05, 0.1) is 12.1 Å². The van der Waals surface area contributed by atoms with Gasteiger partial charge in [0, 0.05) is 22.3 Å². The Morgan fingerprint density at radius 2 is 1.87 bits per heavy atom. The third-order valence-corrected chi connectivity index (χ3v) is 5.63. The van der Waals surface area contributed by atoms with Crippen molar-refractivity contribution in [2.24, 2.45) is 0 Å². The van der Waals surface area contributed by atoms with Crippen LogP contribution < -0.4 is 0 Å². The minimum absolute atomic E-state index is 0.0783. The molecule has 0 aliphatic carbocycles. The lowest BCUT2D eigenvalue weighted by Gasteiger charge is -2.22. The van der Waals surface area contributed by atoms with Crippen LogP contribution in [0.5, 0.6) is 0 Å². The second-order valence-electron chi connectivity index (χ2n) is 5.64. The topological polar surface area (TPSA) is 40.5 Å². The molecule has 1 N–H and O–H groups in total. The summed E-state index contributed by atoms with van der Waals surface area (Å²) in [6.07, 6.45) is 0.0547. The number of carbonyl (C=O) groups excluding carboxylic acids is 1. The lowest BCUT2D eigenvalue weighted by Crippen LogP contribution is -2.31. The molecule has 1 fully saturated rings. The average Bonchev–Trinajstić information content (AvgIpc) is 2.95. The Morgan fingerprint density at radius 3 is 2.57 bits per heavy atom. The van der Waals surface area contributed by atoms with Gasteiger partial charge in [-0.15, -0.1) is 0 Å². The third kappa shape index (κ3) is 4.23. The van der Waals surface area contributed by atoms with Crippen molar-refractivity contribution in [3.63, 3.8) is 0 Å². The summed E-state index contributed by atoms with van der Waals surface area (Å²) in [5.41, 5.74) is 1.91. The van der Waals surface area contributed by atoms with Gasteiger partial charge < -0.3 is 5.11 Å². The molecule has 1 aliphatic heterocycles. The normalized spacial score (nSPS) is 21.5. The van der Waals surface area contributed by atoms with Crippen LogP contribution in [0.3, 0.4) is 0 Å². The molecule has 0 spiro atoms. The second-order valence-corrected chi connectivity index (χ2v) is 7.57. The van der Waals surface area contributed by atoms with E-state index < -0.39 is 6.10 Å². The molecule has 0 radical (unpaired) electrons. The minimum atomic E-state index is -0.442. The molecule has 2 aromatic carbocycles. The van der Waals surface area contributed by atoms with E-state index in [9.17, 15) is 9.90 Å². The molecular formula is C18H18BrNO2S. The van der Waals surface area contributed by atoms with Crippen LogP contribution in [0.4, 0.5) is 0 Å². The number of hydrogen-bond donors (Lipinski definition) is 1. The van der Waals surface area contributed by atoms with Crippen molar-refractivity contribution in [3.05, 3.63) is 70.2 Å². The highest BCUT2D eigenvalue weighted by atomic mass is 79.9. The van der Waals surface area contributed by atoms with Gasteiger partial charge in [-0.25, -0.2) is 4.31 Å². The summed E-state index contributed by atoms with van der Waals surface area (Å²) in [4.78, 5) is 12.7. The Kier molecular flexibility index (Phi) is 5.54. The molecule has 1 aliphatic rings. The van der Waals surface area contributed by atoms with Gasteiger partial charge in [0.25, 0.3) is 0 Å². The maximum atomic E-state index is 12.7. The maximum Gasteiger partial charge on any atom is 0.180 e. The van der Waals surface area contributed by atoms with Crippen LogP contribution in [0.15, 0.2) is 59.1 Å². The monoisotopic (exact) mass is 391 g/mol. The Labute approximate surface area is 149 Å². The second kappa shape index (κ2) is 7.62. The first-order valence-electron chi connectivity index (χ1n) is 7.55. The summed E-state index contributed by atoms with van der Waals surface area (Å²) in [6.45, 7) is 0.532. The van der Waals surface area contributed by atoms with Gasteiger partial charge in [-0.1, -0.05) is 70.3 Å². The van der Waals surface area contributed by atoms with Crippen LogP contribution in [0.25, 0.3) is 0 Å². The molecule has 3 rings (SSSR count). The molecule has 23 heavy (non-hydrogen) atoms. The van der Waals surface area contributed by atoms with Gasteiger partial charge in [0.1, 0.15) is 0 Å². The number of benzene rings is 2. The smallest absolute Gasteiger partial charge is 0.180 e. The van der Waals surface area contributed by atoms with Crippen LogP contribution in [-0.4, -0.2) is 33.9 Å². The zero-order chi connectivity index (χ0) is 16.2. The highest BCUT2D eigenvalue weighted by Gasteiger charge is 2.36. The van der Waals surface area contributed by atoms with Crippen LogP contribution in [0, 0.1) is 0 Å². The molecule has 1 saturated heterocycles. The Morgan fingerprint density at radius 1 is 1.17 bits per heavy atom. The molecule has 5 heteroatoms. The quantitative estimate of drug-likeness (QED) is 0.619. The molecule has 0 unspecified atom stereocenters. The molecule has 0 amide bonds. The number of hydrogen-bond acceptors (Lipinski definition) is 4. The largest absolute Gasteiger partial charge is 0.392 e. The SMILES string of the molecule is O=C(c1ccc(Br)cc1)[C@H]1C[C@@H](O)CN1SCc1ccccc1. The highest BCUT2D eigenvalue weighted by molar-refractivity contribution is 9.10. The fraction of sp³-hybridized carbons (Fsp3) is 0.278. The summed E-state index contributed by atoms with van der Waals surface area (Å²) in [5.74, 6) is 0.882. The van der Waals surface area contributed by atoms with Crippen LogP contribution >= 0.6 is 27.9 Å². The molecule has 0 aromatic heterocycles. The Balaban J connectivity index is 1.69. The van der Waals surface area contributed by atoms with Gasteiger partial charge in [-0.3, -0.25) is 4.79 Å². The van der Waals surface area contributed by atoms with E-state index in [-0.39, 0.29) is 11.8 Å².